The number of hydrogen-bond donors (Lipinski definition) is 0. The summed E-state index contributed by atoms with van der Waals surface area (Å²) in [5.74, 6) is 0.373. The Morgan fingerprint density at radius 1 is 1.10 bits per heavy atom. The minimum Gasteiger partial charge on any atom is -0.337 e. The van der Waals surface area contributed by atoms with E-state index < -0.39 is 0 Å². The number of rotatable bonds is 5. The predicted octanol–water partition coefficient (Wildman–Crippen LogP) is 5.05. The van der Waals surface area contributed by atoms with Crippen LogP contribution < -0.4 is 0 Å². The van der Waals surface area contributed by atoms with Crippen LogP contribution in [0.2, 0.25) is 4.34 Å². The standard InChI is InChI=1S/C17H24ClNOS/c18-16-11-9-15(21-16)10-12-17(20)19(13-5-1-2-6-13)14-7-3-4-8-14/h9,11,13-14H,1-8,10,12H2. The Morgan fingerprint density at radius 2 is 1.67 bits per heavy atom. The number of nitrogens with zero attached hydrogens (tertiary/aromatic N) is 1. The van der Waals surface area contributed by atoms with Gasteiger partial charge in [-0.1, -0.05) is 37.3 Å². The summed E-state index contributed by atoms with van der Waals surface area (Å²) in [5.41, 5.74) is 0. The minimum absolute atomic E-state index is 0.373. The van der Waals surface area contributed by atoms with E-state index in [-0.39, 0.29) is 0 Å². The van der Waals surface area contributed by atoms with E-state index in [1.807, 2.05) is 6.07 Å². The number of aryl methyl sites for hydroxylation is 1. The number of amides is 1. The number of thiophene rings is 1. The first kappa shape index (κ1) is 15.4. The molecular weight excluding hydrogens is 302 g/mol. The minimum atomic E-state index is 0.373. The molecule has 0 bridgehead atoms. The monoisotopic (exact) mass is 325 g/mol. The van der Waals surface area contributed by atoms with E-state index in [9.17, 15) is 4.79 Å². The Balaban J connectivity index is 1.62. The van der Waals surface area contributed by atoms with Crippen molar-refractivity contribution in [1.82, 2.24) is 4.90 Å². The molecule has 4 heteroatoms. The van der Waals surface area contributed by atoms with Gasteiger partial charge in [0.25, 0.3) is 0 Å². The van der Waals surface area contributed by atoms with Crippen molar-refractivity contribution in [3.63, 3.8) is 0 Å². The molecule has 0 spiro atoms. The zero-order chi connectivity index (χ0) is 14.7. The van der Waals surface area contributed by atoms with E-state index in [0.29, 0.717) is 24.4 Å². The molecule has 116 valence electrons. The van der Waals surface area contributed by atoms with Crippen molar-refractivity contribution in [2.24, 2.45) is 0 Å². The third-order valence-electron chi connectivity index (χ3n) is 4.94. The number of carbonyl (C=O) groups excluding carboxylic acids is 1. The fourth-order valence-corrected chi connectivity index (χ4v) is 5.00. The first-order valence-corrected chi connectivity index (χ1v) is 9.49. The fourth-order valence-electron chi connectivity index (χ4n) is 3.92. The van der Waals surface area contributed by atoms with Gasteiger partial charge in [0.05, 0.1) is 4.34 Å². The van der Waals surface area contributed by atoms with E-state index >= 15 is 0 Å². The third-order valence-corrected chi connectivity index (χ3v) is 6.23. The van der Waals surface area contributed by atoms with E-state index in [0.717, 1.165) is 10.8 Å². The second-order valence-corrected chi connectivity index (χ2v) is 8.18. The Morgan fingerprint density at radius 3 is 2.14 bits per heavy atom. The van der Waals surface area contributed by atoms with Crippen LogP contribution in [0.1, 0.15) is 62.7 Å². The first-order valence-electron chi connectivity index (χ1n) is 8.29. The summed E-state index contributed by atoms with van der Waals surface area (Å²) in [6.07, 6.45) is 11.5. The highest BCUT2D eigenvalue weighted by Crippen LogP contribution is 2.32. The molecule has 0 N–H and O–H groups in total. The molecule has 2 fully saturated rings. The van der Waals surface area contributed by atoms with Gasteiger partial charge in [0.15, 0.2) is 0 Å². The van der Waals surface area contributed by atoms with Crippen LogP contribution in [0.25, 0.3) is 0 Å². The van der Waals surface area contributed by atoms with Crippen molar-refractivity contribution in [3.05, 3.63) is 21.3 Å². The summed E-state index contributed by atoms with van der Waals surface area (Å²) in [7, 11) is 0. The van der Waals surface area contributed by atoms with E-state index in [4.69, 9.17) is 11.6 Å². The summed E-state index contributed by atoms with van der Waals surface area (Å²) in [6, 6.07) is 5.02. The van der Waals surface area contributed by atoms with Crippen LogP contribution in [0.3, 0.4) is 0 Å². The van der Waals surface area contributed by atoms with Crippen LogP contribution in [-0.2, 0) is 11.2 Å². The lowest BCUT2D eigenvalue weighted by molar-refractivity contribution is -0.136. The quantitative estimate of drug-likeness (QED) is 0.742. The molecule has 2 aliphatic carbocycles. The maximum atomic E-state index is 12.8. The van der Waals surface area contributed by atoms with E-state index in [1.54, 1.807) is 11.3 Å². The molecule has 0 aromatic carbocycles. The molecule has 1 aromatic heterocycles. The molecule has 1 heterocycles. The molecule has 2 saturated carbocycles. The van der Waals surface area contributed by atoms with Crippen molar-refractivity contribution in [2.75, 3.05) is 0 Å². The molecule has 21 heavy (non-hydrogen) atoms. The molecule has 0 radical (unpaired) electrons. The van der Waals surface area contributed by atoms with Gasteiger partial charge >= 0.3 is 0 Å². The van der Waals surface area contributed by atoms with Gasteiger partial charge in [0, 0.05) is 23.4 Å². The number of hydrogen-bond acceptors (Lipinski definition) is 2. The molecule has 1 amide bonds. The summed E-state index contributed by atoms with van der Waals surface area (Å²) in [5, 5.41) is 0. The lowest BCUT2D eigenvalue weighted by atomic mass is 10.1. The highest BCUT2D eigenvalue weighted by Gasteiger charge is 2.33. The van der Waals surface area contributed by atoms with Gasteiger partial charge in [0.2, 0.25) is 5.91 Å². The predicted molar refractivity (Wildman–Crippen MR) is 89.0 cm³/mol. The largest absolute Gasteiger partial charge is 0.337 e. The van der Waals surface area contributed by atoms with Crippen molar-refractivity contribution in [1.29, 1.82) is 0 Å². The van der Waals surface area contributed by atoms with Crippen LogP contribution in [-0.4, -0.2) is 22.9 Å². The van der Waals surface area contributed by atoms with Gasteiger partial charge in [-0.15, -0.1) is 11.3 Å². The highest BCUT2D eigenvalue weighted by atomic mass is 35.5. The van der Waals surface area contributed by atoms with Gasteiger partial charge in [0.1, 0.15) is 0 Å². The zero-order valence-electron chi connectivity index (χ0n) is 12.5. The van der Waals surface area contributed by atoms with Gasteiger partial charge in [-0.25, -0.2) is 0 Å². The average Bonchev–Trinajstić information content (AvgIpc) is 3.19. The summed E-state index contributed by atoms with van der Waals surface area (Å²) in [6.45, 7) is 0. The lowest BCUT2D eigenvalue weighted by Gasteiger charge is -2.34. The Kier molecular flexibility index (Phi) is 5.23. The normalized spacial score (nSPS) is 20.2. The van der Waals surface area contributed by atoms with Crippen molar-refractivity contribution >= 4 is 28.8 Å². The van der Waals surface area contributed by atoms with Crippen LogP contribution in [0.4, 0.5) is 0 Å². The Labute approximate surface area is 136 Å². The summed E-state index contributed by atoms with van der Waals surface area (Å²) >= 11 is 7.57. The van der Waals surface area contributed by atoms with E-state index in [2.05, 4.69) is 11.0 Å². The van der Waals surface area contributed by atoms with Gasteiger partial charge in [-0.2, -0.15) is 0 Å². The van der Waals surface area contributed by atoms with Crippen molar-refractivity contribution in [2.45, 2.75) is 76.3 Å². The molecule has 0 saturated heterocycles. The van der Waals surface area contributed by atoms with Gasteiger partial charge in [-0.3, -0.25) is 4.79 Å². The highest BCUT2D eigenvalue weighted by molar-refractivity contribution is 7.16. The van der Waals surface area contributed by atoms with Crippen LogP contribution in [0.5, 0.6) is 0 Å². The third kappa shape index (κ3) is 3.81. The number of halogens is 1. The average molecular weight is 326 g/mol. The fraction of sp³-hybridized carbons (Fsp3) is 0.706. The maximum Gasteiger partial charge on any atom is 0.223 e. The van der Waals surface area contributed by atoms with Crippen molar-refractivity contribution < 1.29 is 4.79 Å². The van der Waals surface area contributed by atoms with Crippen LogP contribution in [0.15, 0.2) is 12.1 Å². The van der Waals surface area contributed by atoms with Gasteiger partial charge in [-0.05, 0) is 44.2 Å². The maximum absolute atomic E-state index is 12.8. The molecular formula is C17H24ClNOS. The molecule has 3 rings (SSSR count). The van der Waals surface area contributed by atoms with Gasteiger partial charge < -0.3 is 4.90 Å². The summed E-state index contributed by atoms with van der Waals surface area (Å²) < 4.78 is 0.820. The molecule has 0 aliphatic heterocycles. The molecule has 0 atom stereocenters. The second-order valence-electron chi connectivity index (χ2n) is 6.38. The first-order chi connectivity index (χ1) is 10.2. The molecule has 2 aliphatic rings. The SMILES string of the molecule is O=C(CCc1ccc(Cl)s1)N(C1CCCC1)C1CCCC1. The van der Waals surface area contributed by atoms with Crippen LogP contribution >= 0.6 is 22.9 Å². The Hall–Kier alpha value is -0.540. The molecule has 0 unspecified atom stereocenters. The zero-order valence-corrected chi connectivity index (χ0v) is 14.1. The Bertz CT molecular complexity index is 459. The molecule has 1 aromatic rings. The number of carbonyl (C=O) groups is 1. The molecule has 2 nitrogen and oxygen atoms in total. The van der Waals surface area contributed by atoms with Crippen LogP contribution in [0, 0.1) is 0 Å². The smallest absolute Gasteiger partial charge is 0.223 e. The topological polar surface area (TPSA) is 20.3 Å². The second kappa shape index (κ2) is 7.15. The van der Waals surface area contributed by atoms with Crippen molar-refractivity contribution in [3.8, 4) is 0 Å². The summed E-state index contributed by atoms with van der Waals surface area (Å²) in [4.78, 5) is 16.3. The lowest BCUT2D eigenvalue weighted by Crippen LogP contribution is -2.45. The van der Waals surface area contributed by atoms with E-state index in [1.165, 1.54) is 56.2 Å².